The van der Waals surface area contributed by atoms with Crippen molar-refractivity contribution in [1.82, 2.24) is 0 Å². The van der Waals surface area contributed by atoms with Crippen molar-refractivity contribution in [1.29, 1.82) is 0 Å². The van der Waals surface area contributed by atoms with E-state index in [9.17, 15) is 4.39 Å². The van der Waals surface area contributed by atoms with Gasteiger partial charge in [-0.2, -0.15) is 0 Å². The highest BCUT2D eigenvalue weighted by Gasteiger charge is 2.07. The van der Waals surface area contributed by atoms with Crippen molar-refractivity contribution in [3.05, 3.63) is 57.8 Å². The normalized spacial score (nSPS) is 12.2. The fourth-order valence-corrected chi connectivity index (χ4v) is 2.33. The van der Waals surface area contributed by atoms with Crippen LogP contribution in [0.4, 0.5) is 4.39 Å². The van der Waals surface area contributed by atoms with Gasteiger partial charge in [-0.05, 0) is 61.7 Å². The van der Waals surface area contributed by atoms with Gasteiger partial charge >= 0.3 is 0 Å². The third kappa shape index (κ3) is 3.81. The number of halogens is 2. The Hall–Kier alpha value is -1.39. The van der Waals surface area contributed by atoms with E-state index in [0.717, 1.165) is 12.0 Å². The Labute approximate surface area is 126 Å². The van der Waals surface area contributed by atoms with Crippen molar-refractivity contribution < 1.29 is 9.13 Å². The van der Waals surface area contributed by atoms with Crippen LogP contribution in [0.1, 0.15) is 18.1 Å². The standard InChI is InChI=1S/C16H17BrFNO/c1-10-7-14(5-3-12(10)8-11(2)19)20-16-6-4-13(17)9-15(16)18/h3-7,9,11H,8,19H2,1-2H3. The molecule has 0 aliphatic heterocycles. The highest BCUT2D eigenvalue weighted by Crippen LogP contribution is 2.28. The fraction of sp³-hybridized carbons (Fsp3) is 0.250. The van der Waals surface area contributed by atoms with Crippen molar-refractivity contribution in [3.63, 3.8) is 0 Å². The summed E-state index contributed by atoms with van der Waals surface area (Å²) in [5.74, 6) is 0.446. The molecule has 0 spiro atoms. The second-order valence-electron chi connectivity index (χ2n) is 4.95. The SMILES string of the molecule is Cc1cc(Oc2ccc(Br)cc2F)ccc1CC(C)N. The molecule has 1 unspecified atom stereocenters. The van der Waals surface area contributed by atoms with Gasteiger partial charge in [0.2, 0.25) is 0 Å². The van der Waals surface area contributed by atoms with Gasteiger partial charge in [0.1, 0.15) is 5.75 Å². The number of rotatable bonds is 4. The van der Waals surface area contributed by atoms with E-state index in [2.05, 4.69) is 15.9 Å². The molecule has 0 amide bonds. The summed E-state index contributed by atoms with van der Waals surface area (Å²) in [6.45, 7) is 3.98. The minimum absolute atomic E-state index is 0.115. The Balaban J connectivity index is 2.20. The van der Waals surface area contributed by atoms with Gasteiger partial charge in [-0.3, -0.25) is 0 Å². The third-order valence-corrected chi connectivity index (χ3v) is 3.47. The lowest BCUT2D eigenvalue weighted by Crippen LogP contribution is -2.18. The van der Waals surface area contributed by atoms with Crippen LogP contribution in [-0.2, 0) is 6.42 Å². The zero-order valence-corrected chi connectivity index (χ0v) is 13.1. The van der Waals surface area contributed by atoms with Gasteiger partial charge in [0.05, 0.1) is 0 Å². The lowest BCUT2D eigenvalue weighted by molar-refractivity contribution is 0.441. The number of aryl methyl sites for hydroxylation is 1. The number of hydrogen-bond acceptors (Lipinski definition) is 2. The molecule has 4 heteroatoms. The maximum absolute atomic E-state index is 13.7. The molecule has 0 saturated carbocycles. The van der Waals surface area contributed by atoms with Crippen LogP contribution < -0.4 is 10.5 Å². The predicted molar refractivity (Wildman–Crippen MR) is 82.7 cm³/mol. The Bertz CT molecular complexity index is 613. The molecule has 20 heavy (non-hydrogen) atoms. The molecule has 0 saturated heterocycles. The summed E-state index contributed by atoms with van der Waals surface area (Å²) in [6.07, 6.45) is 0.818. The van der Waals surface area contributed by atoms with Crippen LogP contribution in [0.2, 0.25) is 0 Å². The second-order valence-corrected chi connectivity index (χ2v) is 5.86. The number of nitrogens with two attached hydrogens (primary N) is 1. The average Bonchev–Trinajstić information content (AvgIpc) is 2.36. The first-order valence-corrected chi connectivity index (χ1v) is 7.23. The topological polar surface area (TPSA) is 35.2 Å². The van der Waals surface area contributed by atoms with Crippen LogP contribution in [0, 0.1) is 12.7 Å². The zero-order chi connectivity index (χ0) is 14.7. The van der Waals surface area contributed by atoms with Crippen LogP contribution in [-0.4, -0.2) is 6.04 Å². The molecule has 106 valence electrons. The van der Waals surface area contributed by atoms with E-state index in [1.54, 1.807) is 12.1 Å². The van der Waals surface area contributed by atoms with Crippen LogP contribution in [0.25, 0.3) is 0 Å². The second kappa shape index (κ2) is 6.37. The molecule has 2 nitrogen and oxygen atoms in total. The number of ether oxygens (including phenoxy) is 1. The smallest absolute Gasteiger partial charge is 0.166 e. The van der Waals surface area contributed by atoms with E-state index in [1.807, 2.05) is 32.0 Å². The maximum atomic E-state index is 13.7. The minimum Gasteiger partial charge on any atom is -0.454 e. The lowest BCUT2D eigenvalue weighted by atomic mass is 10.0. The van der Waals surface area contributed by atoms with Gasteiger partial charge in [-0.1, -0.05) is 22.0 Å². The van der Waals surface area contributed by atoms with Gasteiger partial charge in [-0.15, -0.1) is 0 Å². The minimum atomic E-state index is -0.392. The molecule has 0 aliphatic rings. The number of hydrogen-bond donors (Lipinski definition) is 1. The summed E-state index contributed by atoms with van der Waals surface area (Å²) in [5, 5.41) is 0. The summed E-state index contributed by atoms with van der Waals surface area (Å²) >= 11 is 3.22. The molecular weight excluding hydrogens is 321 g/mol. The summed E-state index contributed by atoms with van der Waals surface area (Å²) in [7, 11) is 0. The van der Waals surface area contributed by atoms with E-state index in [1.165, 1.54) is 11.6 Å². The Kier molecular flexibility index (Phi) is 4.78. The van der Waals surface area contributed by atoms with Gasteiger partial charge in [0.15, 0.2) is 11.6 Å². The molecule has 0 heterocycles. The Morgan fingerprint density at radius 1 is 1.25 bits per heavy atom. The molecule has 0 fully saturated rings. The van der Waals surface area contributed by atoms with Crippen LogP contribution >= 0.6 is 15.9 Å². The molecule has 2 rings (SSSR count). The van der Waals surface area contributed by atoms with Crippen LogP contribution in [0.5, 0.6) is 11.5 Å². The maximum Gasteiger partial charge on any atom is 0.166 e. The van der Waals surface area contributed by atoms with E-state index in [0.29, 0.717) is 10.2 Å². The molecule has 0 aromatic heterocycles. The van der Waals surface area contributed by atoms with Gasteiger partial charge in [-0.25, -0.2) is 4.39 Å². The Morgan fingerprint density at radius 3 is 2.60 bits per heavy atom. The van der Waals surface area contributed by atoms with Crippen LogP contribution in [0.3, 0.4) is 0 Å². The van der Waals surface area contributed by atoms with Crippen molar-refractivity contribution >= 4 is 15.9 Å². The molecule has 0 aliphatic carbocycles. The summed E-state index contributed by atoms with van der Waals surface area (Å²) < 4.78 is 20.0. The van der Waals surface area contributed by atoms with Gasteiger partial charge < -0.3 is 10.5 Å². The van der Waals surface area contributed by atoms with Crippen molar-refractivity contribution in [3.8, 4) is 11.5 Å². The molecule has 0 radical (unpaired) electrons. The predicted octanol–water partition coefficient (Wildman–Crippen LogP) is 4.58. The first kappa shape index (κ1) is 15.0. The highest BCUT2D eigenvalue weighted by atomic mass is 79.9. The summed E-state index contributed by atoms with van der Waals surface area (Å²) in [6, 6.07) is 10.6. The molecule has 2 N–H and O–H groups in total. The Morgan fingerprint density at radius 2 is 2.00 bits per heavy atom. The first-order valence-electron chi connectivity index (χ1n) is 6.43. The van der Waals surface area contributed by atoms with Crippen LogP contribution in [0.15, 0.2) is 40.9 Å². The van der Waals surface area contributed by atoms with Crippen molar-refractivity contribution in [2.45, 2.75) is 26.3 Å². The third-order valence-electron chi connectivity index (χ3n) is 2.98. The zero-order valence-electron chi connectivity index (χ0n) is 11.5. The average molecular weight is 338 g/mol. The van der Waals surface area contributed by atoms with Gasteiger partial charge in [0, 0.05) is 10.5 Å². The first-order chi connectivity index (χ1) is 9.45. The summed E-state index contributed by atoms with van der Waals surface area (Å²) in [5.41, 5.74) is 8.08. The largest absolute Gasteiger partial charge is 0.454 e. The van der Waals surface area contributed by atoms with E-state index in [-0.39, 0.29) is 11.8 Å². The molecule has 2 aromatic rings. The highest BCUT2D eigenvalue weighted by molar-refractivity contribution is 9.10. The van der Waals surface area contributed by atoms with Crippen molar-refractivity contribution in [2.24, 2.45) is 5.73 Å². The molecular formula is C16H17BrFNO. The quantitative estimate of drug-likeness (QED) is 0.886. The van der Waals surface area contributed by atoms with Crippen molar-refractivity contribution in [2.75, 3.05) is 0 Å². The summed E-state index contributed by atoms with van der Waals surface area (Å²) in [4.78, 5) is 0. The molecule has 1 atom stereocenters. The van der Waals surface area contributed by atoms with Gasteiger partial charge in [0.25, 0.3) is 0 Å². The van der Waals surface area contributed by atoms with E-state index < -0.39 is 5.82 Å². The molecule has 0 bridgehead atoms. The monoisotopic (exact) mass is 337 g/mol. The van der Waals surface area contributed by atoms with E-state index >= 15 is 0 Å². The lowest BCUT2D eigenvalue weighted by Gasteiger charge is -2.12. The fourth-order valence-electron chi connectivity index (χ4n) is 1.99. The molecule has 2 aromatic carbocycles. The van der Waals surface area contributed by atoms with E-state index in [4.69, 9.17) is 10.5 Å². The number of benzene rings is 2.